The number of nitrogens with one attached hydrogen (secondary N) is 1. The summed E-state index contributed by atoms with van der Waals surface area (Å²) in [5.74, 6) is 0. The van der Waals surface area contributed by atoms with E-state index in [9.17, 15) is 15.2 Å². The van der Waals surface area contributed by atoms with Crippen LogP contribution in [0.25, 0.3) is 0 Å². The SMILES string of the molecule is Cc1cc(CC2(O)CCNC2)ccc1[N+](=O)[O-]. The number of aliphatic hydroxyl groups is 1. The predicted octanol–water partition coefficient (Wildman–Crippen LogP) is 1.17. The third-order valence-corrected chi connectivity index (χ3v) is 3.21. The molecule has 1 aliphatic heterocycles. The Morgan fingerprint density at radius 3 is 2.88 bits per heavy atom. The molecule has 1 aliphatic rings. The van der Waals surface area contributed by atoms with Gasteiger partial charge in [-0.2, -0.15) is 0 Å². The summed E-state index contributed by atoms with van der Waals surface area (Å²) in [6.45, 7) is 3.13. The van der Waals surface area contributed by atoms with Crippen molar-refractivity contribution in [1.29, 1.82) is 0 Å². The molecule has 0 bridgehead atoms. The second kappa shape index (κ2) is 4.43. The van der Waals surface area contributed by atoms with Crippen LogP contribution in [0.15, 0.2) is 18.2 Å². The van der Waals surface area contributed by atoms with Gasteiger partial charge in [0.1, 0.15) is 0 Å². The van der Waals surface area contributed by atoms with Gasteiger partial charge in [0.2, 0.25) is 0 Å². The molecule has 1 fully saturated rings. The van der Waals surface area contributed by atoms with Crippen molar-refractivity contribution in [2.24, 2.45) is 0 Å². The number of benzene rings is 1. The zero-order valence-electron chi connectivity index (χ0n) is 9.77. The summed E-state index contributed by atoms with van der Waals surface area (Å²) in [6, 6.07) is 5.02. The second-order valence-corrected chi connectivity index (χ2v) is 4.71. The van der Waals surface area contributed by atoms with E-state index in [1.165, 1.54) is 6.07 Å². The Morgan fingerprint density at radius 2 is 2.35 bits per heavy atom. The maximum absolute atomic E-state index is 10.7. The van der Waals surface area contributed by atoms with Gasteiger partial charge in [-0.15, -0.1) is 0 Å². The van der Waals surface area contributed by atoms with Gasteiger partial charge in [-0.25, -0.2) is 0 Å². The Bertz CT molecular complexity index is 439. The monoisotopic (exact) mass is 236 g/mol. The van der Waals surface area contributed by atoms with E-state index < -0.39 is 5.60 Å². The van der Waals surface area contributed by atoms with Gasteiger partial charge in [-0.05, 0) is 31.5 Å². The lowest BCUT2D eigenvalue weighted by Gasteiger charge is -2.21. The van der Waals surface area contributed by atoms with Crippen LogP contribution in [0.3, 0.4) is 0 Å². The molecular formula is C12H16N2O3. The molecule has 1 aromatic rings. The number of aryl methyl sites for hydroxylation is 1. The van der Waals surface area contributed by atoms with Gasteiger partial charge in [-0.1, -0.05) is 6.07 Å². The number of nitro benzene ring substituents is 1. The lowest BCUT2D eigenvalue weighted by Crippen LogP contribution is -2.33. The fourth-order valence-electron chi connectivity index (χ4n) is 2.29. The van der Waals surface area contributed by atoms with Crippen LogP contribution < -0.4 is 5.32 Å². The number of rotatable bonds is 3. The molecule has 1 saturated heterocycles. The molecule has 1 heterocycles. The molecule has 5 nitrogen and oxygen atoms in total. The predicted molar refractivity (Wildman–Crippen MR) is 64.0 cm³/mol. The molecule has 1 unspecified atom stereocenters. The molecule has 5 heteroatoms. The van der Waals surface area contributed by atoms with E-state index in [2.05, 4.69) is 5.32 Å². The molecule has 92 valence electrons. The third kappa shape index (κ3) is 2.62. The molecule has 1 aromatic carbocycles. The van der Waals surface area contributed by atoms with Crippen molar-refractivity contribution in [3.05, 3.63) is 39.4 Å². The van der Waals surface area contributed by atoms with Gasteiger partial charge >= 0.3 is 0 Å². The Kier molecular flexibility index (Phi) is 3.13. The molecular weight excluding hydrogens is 220 g/mol. The van der Waals surface area contributed by atoms with Crippen molar-refractivity contribution < 1.29 is 10.0 Å². The summed E-state index contributed by atoms with van der Waals surface area (Å²) in [5, 5.41) is 24.0. The maximum atomic E-state index is 10.7. The van der Waals surface area contributed by atoms with Gasteiger partial charge in [0.15, 0.2) is 0 Å². The zero-order chi connectivity index (χ0) is 12.5. The molecule has 0 aliphatic carbocycles. The minimum Gasteiger partial charge on any atom is -0.388 e. The lowest BCUT2D eigenvalue weighted by molar-refractivity contribution is -0.385. The normalized spacial score (nSPS) is 23.9. The molecule has 0 saturated carbocycles. The largest absolute Gasteiger partial charge is 0.388 e. The zero-order valence-corrected chi connectivity index (χ0v) is 9.77. The first-order valence-corrected chi connectivity index (χ1v) is 5.67. The van der Waals surface area contributed by atoms with Crippen molar-refractivity contribution in [3.63, 3.8) is 0 Å². The van der Waals surface area contributed by atoms with Crippen molar-refractivity contribution in [2.45, 2.75) is 25.4 Å². The minimum atomic E-state index is -0.706. The van der Waals surface area contributed by atoms with Gasteiger partial charge in [0, 0.05) is 24.6 Å². The highest BCUT2D eigenvalue weighted by molar-refractivity contribution is 5.42. The Labute approximate surface area is 99.6 Å². The quantitative estimate of drug-likeness (QED) is 0.610. The average molecular weight is 236 g/mol. The van der Waals surface area contributed by atoms with E-state index in [0.717, 1.165) is 18.5 Å². The third-order valence-electron chi connectivity index (χ3n) is 3.21. The van der Waals surface area contributed by atoms with E-state index in [4.69, 9.17) is 0 Å². The average Bonchev–Trinajstić information content (AvgIpc) is 2.64. The van der Waals surface area contributed by atoms with Gasteiger partial charge in [0.05, 0.1) is 10.5 Å². The summed E-state index contributed by atoms with van der Waals surface area (Å²) in [5.41, 5.74) is 1.01. The first-order valence-electron chi connectivity index (χ1n) is 5.67. The van der Waals surface area contributed by atoms with Crippen molar-refractivity contribution >= 4 is 5.69 Å². The molecule has 17 heavy (non-hydrogen) atoms. The summed E-state index contributed by atoms with van der Waals surface area (Å²) < 4.78 is 0. The fourth-order valence-corrected chi connectivity index (χ4v) is 2.29. The molecule has 0 radical (unpaired) electrons. The Balaban J connectivity index is 2.17. The van der Waals surface area contributed by atoms with Crippen LogP contribution >= 0.6 is 0 Å². The van der Waals surface area contributed by atoms with E-state index in [0.29, 0.717) is 18.5 Å². The highest BCUT2D eigenvalue weighted by Gasteiger charge is 2.31. The van der Waals surface area contributed by atoms with Gasteiger partial charge < -0.3 is 10.4 Å². The van der Waals surface area contributed by atoms with Crippen molar-refractivity contribution in [2.75, 3.05) is 13.1 Å². The van der Waals surface area contributed by atoms with Crippen LogP contribution in [-0.2, 0) is 6.42 Å². The van der Waals surface area contributed by atoms with Crippen LogP contribution in [0, 0.1) is 17.0 Å². The first-order chi connectivity index (χ1) is 8.00. The van der Waals surface area contributed by atoms with Crippen molar-refractivity contribution in [1.82, 2.24) is 5.32 Å². The number of hydrogen-bond donors (Lipinski definition) is 2. The van der Waals surface area contributed by atoms with E-state index >= 15 is 0 Å². The number of nitro groups is 1. The number of hydrogen-bond acceptors (Lipinski definition) is 4. The molecule has 1 atom stereocenters. The number of β-amino-alcohol motifs (C(OH)–C–C–N with tert-alkyl or cyclic N) is 1. The topological polar surface area (TPSA) is 75.4 Å². The van der Waals surface area contributed by atoms with Gasteiger partial charge in [-0.3, -0.25) is 10.1 Å². The summed E-state index contributed by atoms with van der Waals surface area (Å²) in [4.78, 5) is 10.3. The highest BCUT2D eigenvalue weighted by atomic mass is 16.6. The summed E-state index contributed by atoms with van der Waals surface area (Å²) in [6.07, 6.45) is 1.27. The van der Waals surface area contributed by atoms with Gasteiger partial charge in [0.25, 0.3) is 5.69 Å². The molecule has 0 spiro atoms. The van der Waals surface area contributed by atoms with Crippen molar-refractivity contribution in [3.8, 4) is 0 Å². The van der Waals surface area contributed by atoms with E-state index in [1.54, 1.807) is 19.1 Å². The molecule has 2 N–H and O–H groups in total. The Hall–Kier alpha value is -1.46. The number of nitrogens with zero attached hydrogens (tertiary/aromatic N) is 1. The maximum Gasteiger partial charge on any atom is 0.272 e. The van der Waals surface area contributed by atoms with Crippen LogP contribution in [0.1, 0.15) is 17.5 Å². The summed E-state index contributed by atoms with van der Waals surface area (Å²) >= 11 is 0. The smallest absolute Gasteiger partial charge is 0.272 e. The second-order valence-electron chi connectivity index (χ2n) is 4.71. The fraction of sp³-hybridized carbons (Fsp3) is 0.500. The highest BCUT2D eigenvalue weighted by Crippen LogP contribution is 2.24. The molecule has 0 aromatic heterocycles. The Morgan fingerprint density at radius 1 is 1.59 bits per heavy atom. The standard InChI is InChI=1S/C12H16N2O3/c1-9-6-10(2-3-11(9)14(16)17)7-12(15)4-5-13-8-12/h2-3,6,13,15H,4-5,7-8H2,1H3. The minimum absolute atomic E-state index is 0.130. The summed E-state index contributed by atoms with van der Waals surface area (Å²) in [7, 11) is 0. The van der Waals surface area contributed by atoms with E-state index in [-0.39, 0.29) is 10.6 Å². The van der Waals surface area contributed by atoms with Crippen LogP contribution in [0.2, 0.25) is 0 Å². The van der Waals surface area contributed by atoms with Crippen LogP contribution in [0.4, 0.5) is 5.69 Å². The van der Waals surface area contributed by atoms with E-state index in [1.807, 2.05) is 0 Å². The first kappa shape index (κ1) is 12.0. The van der Waals surface area contributed by atoms with Crippen LogP contribution in [0.5, 0.6) is 0 Å². The lowest BCUT2D eigenvalue weighted by atomic mass is 9.93. The molecule has 2 rings (SSSR count). The molecule has 0 amide bonds. The van der Waals surface area contributed by atoms with Crippen LogP contribution in [-0.4, -0.2) is 28.7 Å².